The third-order valence-corrected chi connectivity index (χ3v) is 3.90. The van der Waals surface area contributed by atoms with Gasteiger partial charge in [0.15, 0.2) is 11.6 Å². The zero-order valence-electron chi connectivity index (χ0n) is 14.6. The molecule has 1 heterocycles. The quantitative estimate of drug-likeness (QED) is 0.396. The molecular formula is C20H17N3O4. The highest BCUT2D eigenvalue weighted by atomic mass is 16.5. The number of rotatable bonds is 6. The molecule has 3 aromatic rings. The van der Waals surface area contributed by atoms with Crippen LogP contribution in [0.1, 0.15) is 11.4 Å². The molecule has 0 radical (unpaired) electrons. The van der Waals surface area contributed by atoms with E-state index >= 15 is 0 Å². The first-order valence-electron chi connectivity index (χ1n) is 8.16. The molecule has 7 nitrogen and oxygen atoms in total. The van der Waals surface area contributed by atoms with Crippen LogP contribution in [-0.4, -0.2) is 34.8 Å². The number of carbonyl (C=O) groups is 1. The lowest BCUT2D eigenvalue weighted by Gasteiger charge is -2.06. The first-order valence-corrected chi connectivity index (χ1v) is 8.16. The summed E-state index contributed by atoms with van der Waals surface area (Å²) in [6.07, 6.45) is 0.0454. The molecule has 0 spiro atoms. The molecular weight excluding hydrogens is 346 g/mol. The molecule has 136 valence electrons. The number of ether oxygens (including phenoxy) is 2. The lowest BCUT2D eigenvalue weighted by Crippen LogP contribution is -2.11. The number of aliphatic hydroxyl groups is 1. The molecule has 0 unspecified atom stereocenters. The third kappa shape index (κ3) is 4.25. The Labute approximate surface area is 155 Å². The largest absolute Gasteiger partial charge is 0.507 e. The molecule has 0 atom stereocenters. The van der Waals surface area contributed by atoms with E-state index < -0.39 is 12.6 Å². The number of hydrogen-bond donors (Lipinski definition) is 2. The highest BCUT2D eigenvalue weighted by Crippen LogP contribution is 2.19. The number of fused-ring (bicyclic) bond motifs is 1. The van der Waals surface area contributed by atoms with Gasteiger partial charge in [0.2, 0.25) is 0 Å². The predicted molar refractivity (Wildman–Crippen MR) is 98.9 cm³/mol. The predicted octanol–water partition coefficient (Wildman–Crippen LogP) is 3.15. The average Bonchev–Trinajstić information content (AvgIpc) is 3.11. The lowest BCUT2D eigenvalue weighted by molar-refractivity contribution is -0.142. The van der Waals surface area contributed by atoms with E-state index in [4.69, 9.17) is 9.47 Å². The Balaban J connectivity index is 1.67. The summed E-state index contributed by atoms with van der Waals surface area (Å²) in [5.41, 5.74) is 2.10. The zero-order valence-corrected chi connectivity index (χ0v) is 14.6. The molecule has 1 aromatic heterocycles. The van der Waals surface area contributed by atoms with E-state index in [1.807, 2.05) is 24.3 Å². The van der Waals surface area contributed by atoms with Gasteiger partial charge in [-0.15, -0.1) is 0 Å². The molecule has 0 aliphatic rings. The van der Waals surface area contributed by atoms with Crippen molar-refractivity contribution in [1.29, 1.82) is 5.26 Å². The fourth-order valence-corrected chi connectivity index (χ4v) is 2.51. The second kappa shape index (κ2) is 8.06. The number of H-pyrrole nitrogens is 1. The van der Waals surface area contributed by atoms with Gasteiger partial charge in [0.25, 0.3) is 0 Å². The van der Waals surface area contributed by atoms with Crippen LogP contribution in [0.3, 0.4) is 0 Å². The standard InChI is InChI=1S/C20H17N3O4/c1-26-14-8-6-13(7-9-14)10-19(25)27-12-18(24)15(11-21)20-22-16-4-2-3-5-17(16)23-20/h2-9,24H,10,12H2,1H3,(H,22,23)/b18-15-. The average molecular weight is 363 g/mol. The van der Waals surface area contributed by atoms with E-state index in [1.54, 1.807) is 37.4 Å². The first-order chi connectivity index (χ1) is 13.1. The van der Waals surface area contributed by atoms with Gasteiger partial charge < -0.3 is 19.6 Å². The number of imidazole rings is 1. The number of aromatic nitrogens is 2. The van der Waals surface area contributed by atoms with Crippen molar-refractivity contribution in [2.24, 2.45) is 0 Å². The molecule has 0 fully saturated rings. The number of nitrogens with one attached hydrogen (secondary N) is 1. The summed E-state index contributed by atoms with van der Waals surface area (Å²) in [5, 5.41) is 19.5. The Morgan fingerprint density at radius 1 is 1.22 bits per heavy atom. The summed E-state index contributed by atoms with van der Waals surface area (Å²) in [6.45, 7) is -0.408. The van der Waals surface area contributed by atoms with Gasteiger partial charge in [-0.3, -0.25) is 4.79 Å². The number of aliphatic hydroxyl groups excluding tert-OH is 1. The summed E-state index contributed by atoms with van der Waals surface area (Å²) < 4.78 is 10.1. The molecule has 0 aliphatic heterocycles. The number of allylic oxidation sites excluding steroid dienone is 1. The molecule has 0 amide bonds. The van der Waals surface area contributed by atoms with Crippen molar-refractivity contribution in [3.8, 4) is 11.8 Å². The maximum atomic E-state index is 12.0. The molecule has 0 aliphatic carbocycles. The number of carbonyl (C=O) groups excluding carboxylic acids is 1. The van der Waals surface area contributed by atoms with Gasteiger partial charge in [0, 0.05) is 0 Å². The van der Waals surface area contributed by atoms with E-state index in [2.05, 4.69) is 9.97 Å². The van der Waals surface area contributed by atoms with E-state index in [0.717, 1.165) is 11.1 Å². The van der Waals surface area contributed by atoms with E-state index in [1.165, 1.54) is 0 Å². The van der Waals surface area contributed by atoms with Crippen LogP contribution in [-0.2, 0) is 16.0 Å². The van der Waals surface area contributed by atoms with Crippen molar-refractivity contribution < 1.29 is 19.4 Å². The summed E-state index contributed by atoms with van der Waals surface area (Å²) in [4.78, 5) is 19.2. The van der Waals surface area contributed by atoms with E-state index in [0.29, 0.717) is 11.3 Å². The number of esters is 1. The smallest absolute Gasteiger partial charge is 0.310 e. The minimum absolute atomic E-state index is 0.0454. The molecule has 3 rings (SSSR count). The van der Waals surface area contributed by atoms with Crippen molar-refractivity contribution in [1.82, 2.24) is 9.97 Å². The van der Waals surface area contributed by atoms with Crippen molar-refractivity contribution in [3.05, 3.63) is 65.7 Å². The Bertz CT molecular complexity index is 996. The van der Waals surface area contributed by atoms with Crippen molar-refractivity contribution >= 4 is 22.6 Å². The minimum atomic E-state index is -0.520. The Hall–Kier alpha value is -3.79. The van der Waals surface area contributed by atoms with Gasteiger partial charge in [-0.1, -0.05) is 24.3 Å². The van der Waals surface area contributed by atoms with Crippen LogP contribution in [0.5, 0.6) is 5.75 Å². The van der Waals surface area contributed by atoms with Crippen LogP contribution >= 0.6 is 0 Å². The summed E-state index contributed by atoms with van der Waals surface area (Å²) >= 11 is 0. The van der Waals surface area contributed by atoms with Crippen LogP contribution in [0, 0.1) is 11.3 Å². The lowest BCUT2D eigenvalue weighted by atomic mass is 10.1. The normalized spacial score (nSPS) is 11.6. The van der Waals surface area contributed by atoms with Crippen molar-refractivity contribution in [3.63, 3.8) is 0 Å². The van der Waals surface area contributed by atoms with Crippen LogP contribution < -0.4 is 4.74 Å². The second-order valence-electron chi connectivity index (χ2n) is 5.72. The molecule has 0 bridgehead atoms. The highest BCUT2D eigenvalue weighted by Gasteiger charge is 2.15. The Kier molecular flexibility index (Phi) is 5.38. The van der Waals surface area contributed by atoms with Crippen LogP contribution in [0.2, 0.25) is 0 Å². The number of hydrogen-bond acceptors (Lipinski definition) is 6. The molecule has 27 heavy (non-hydrogen) atoms. The van der Waals surface area contributed by atoms with Gasteiger partial charge >= 0.3 is 5.97 Å². The third-order valence-electron chi connectivity index (χ3n) is 3.90. The minimum Gasteiger partial charge on any atom is -0.507 e. The summed E-state index contributed by atoms with van der Waals surface area (Å²) in [6, 6.07) is 16.2. The van der Waals surface area contributed by atoms with Crippen LogP contribution in [0.4, 0.5) is 0 Å². The first kappa shape index (κ1) is 18.0. The number of benzene rings is 2. The topological polar surface area (TPSA) is 108 Å². The number of para-hydroxylation sites is 2. The van der Waals surface area contributed by atoms with Gasteiger partial charge in [-0.2, -0.15) is 5.26 Å². The van der Waals surface area contributed by atoms with Crippen molar-refractivity contribution in [2.45, 2.75) is 6.42 Å². The summed E-state index contributed by atoms with van der Waals surface area (Å²) in [7, 11) is 1.56. The zero-order chi connectivity index (χ0) is 19.2. The molecule has 7 heteroatoms. The SMILES string of the molecule is COc1ccc(CC(=O)OC/C(O)=C(\C#N)c2nc3ccccc3[nH]2)cc1. The summed E-state index contributed by atoms with van der Waals surface area (Å²) in [5.74, 6) is 0.0350. The van der Waals surface area contributed by atoms with E-state index in [9.17, 15) is 15.2 Å². The van der Waals surface area contributed by atoms with Crippen LogP contribution in [0.25, 0.3) is 16.6 Å². The van der Waals surface area contributed by atoms with Crippen molar-refractivity contribution in [2.75, 3.05) is 13.7 Å². The monoisotopic (exact) mass is 363 g/mol. The van der Waals surface area contributed by atoms with Gasteiger partial charge in [-0.05, 0) is 29.8 Å². The van der Waals surface area contributed by atoms with Crippen LogP contribution in [0.15, 0.2) is 54.3 Å². The van der Waals surface area contributed by atoms with E-state index in [-0.39, 0.29) is 23.6 Å². The Morgan fingerprint density at radius 3 is 2.63 bits per heavy atom. The maximum Gasteiger partial charge on any atom is 0.310 e. The van der Waals surface area contributed by atoms with Gasteiger partial charge in [0.1, 0.15) is 24.0 Å². The van der Waals surface area contributed by atoms with Gasteiger partial charge in [-0.25, -0.2) is 4.98 Å². The number of methoxy groups -OCH3 is 1. The number of nitrogens with zero attached hydrogens (tertiary/aromatic N) is 2. The fourth-order valence-electron chi connectivity index (χ4n) is 2.51. The second-order valence-corrected chi connectivity index (χ2v) is 5.72. The maximum absolute atomic E-state index is 12.0. The number of nitriles is 1. The van der Waals surface area contributed by atoms with Gasteiger partial charge in [0.05, 0.1) is 24.6 Å². The fraction of sp³-hybridized carbons (Fsp3) is 0.150. The molecule has 2 aromatic carbocycles. The number of aromatic amines is 1. The molecule has 2 N–H and O–H groups in total. The molecule has 0 saturated carbocycles. The molecule has 0 saturated heterocycles. The Morgan fingerprint density at radius 2 is 1.96 bits per heavy atom. The highest BCUT2D eigenvalue weighted by molar-refractivity contribution is 5.83.